The van der Waals surface area contributed by atoms with Crippen LogP contribution in [0, 0.1) is 5.92 Å². The van der Waals surface area contributed by atoms with Crippen molar-refractivity contribution >= 4 is 23.2 Å². The Morgan fingerprint density at radius 2 is 2.14 bits per heavy atom. The van der Waals surface area contributed by atoms with Gasteiger partial charge in [-0.1, -0.05) is 6.92 Å². The van der Waals surface area contributed by atoms with E-state index in [9.17, 15) is 14.7 Å². The zero-order valence-corrected chi connectivity index (χ0v) is 13.2. The summed E-state index contributed by atoms with van der Waals surface area (Å²) in [6.07, 6.45) is 2.62. The molecule has 0 radical (unpaired) electrons. The number of amides is 1. The molecule has 116 valence electrons. The Morgan fingerprint density at radius 1 is 1.48 bits per heavy atom. The number of hydrogen-bond donors (Lipinski definition) is 2. The van der Waals surface area contributed by atoms with Crippen molar-refractivity contribution < 1.29 is 19.4 Å². The quantitative estimate of drug-likeness (QED) is 0.876. The number of thiophene rings is 1. The second kappa shape index (κ2) is 6.58. The first-order chi connectivity index (χ1) is 9.98. The zero-order chi connectivity index (χ0) is 15.5. The summed E-state index contributed by atoms with van der Waals surface area (Å²) in [5.41, 5.74) is -0.331. The highest BCUT2D eigenvalue weighted by atomic mass is 32.1. The van der Waals surface area contributed by atoms with Gasteiger partial charge >= 0.3 is 5.97 Å². The number of aliphatic carboxylic acids is 1. The van der Waals surface area contributed by atoms with Crippen molar-refractivity contribution in [1.82, 2.24) is 5.32 Å². The van der Waals surface area contributed by atoms with Crippen molar-refractivity contribution in [3.8, 4) is 0 Å². The molecule has 1 amide bonds. The third kappa shape index (κ3) is 3.44. The van der Waals surface area contributed by atoms with E-state index in [2.05, 4.69) is 12.2 Å². The Morgan fingerprint density at radius 3 is 2.71 bits per heavy atom. The lowest BCUT2D eigenvalue weighted by atomic mass is 9.77. The maximum absolute atomic E-state index is 12.4. The minimum Gasteiger partial charge on any atom is -0.480 e. The number of methoxy groups -OCH3 is 1. The summed E-state index contributed by atoms with van der Waals surface area (Å²) in [5, 5.41) is 14.1. The molecule has 1 aromatic rings. The van der Waals surface area contributed by atoms with E-state index in [1.807, 2.05) is 11.4 Å². The highest BCUT2D eigenvalue weighted by Crippen LogP contribution is 2.33. The van der Waals surface area contributed by atoms with Crippen LogP contribution in [0.2, 0.25) is 0 Å². The van der Waals surface area contributed by atoms with E-state index in [0.29, 0.717) is 30.2 Å². The number of hydrogen-bond acceptors (Lipinski definition) is 4. The zero-order valence-electron chi connectivity index (χ0n) is 12.3. The van der Waals surface area contributed by atoms with E-state index in [-0.39, 0.29) is 5.91 Å². The number of rotatable bonds is 5. The molecule has 1 aromatic heterocycles. The number of carboxylic acid groups (broad SMARTS) is 1. The Kier molecular flexibility index (Phi) is 5.00. The maximum atomic E-state index is 12.4. The first kappa shape index (κ1) is 16.0. The normalized spacial score (nSPS) is 25.5. The topological polar surface area (TPSA) is 75.6 Å². The number of ether oxygens (including phenoxy) is 1. The number of carbonyl (C=O) groups excluding carboxylic acids is 1. The van der Waals surface area contributed by atoms with Crippen LogP contribution < -0.4 is 5.32 Å². The van der Waals surface area contributed by atoms with Gasteiger partial charge in [0.1, 0.15) is 5.54 Å². The van der Waals surface area contributed by atoms with Crippen molar-refractivity contribution in [2.75, 3.05) is 7.11 Å². The fourth-order valence-corrected chi connectivity index (χ4v) is 3.53. The Labute approximate surface area is 128 Å². The molecule has 0 unspecified atom stereocenters. The van der Waals surface area contributed by atoms with Gasteiger partial charge in [0.2, 0.25) is 0 Å². The Bertz CT molecular complexity index is 517. The highest BCUT2D eigenvalue weighted by Gasteiger charge is 2.42. The molecule has 0 bridgehead atoms. The van der Waals surface area contributed by atoms with Gasteiger partial charge in [0, 0.05) is 12.7 Å². The third-order valence-electron chi connectivity index (χ3n) is 4.14. The molecule has 0 atom stereocenters. The molecular weight excluding hydrogens is 290 g/mol. The molecule has 5 nitrogen and oxygen atoms in total. The van der Waals surface area contributed by atoms with Crippen LogP contribution in [-0.2, 0) is 16.1 Å². The van der Waals surface area contributed by atoms with Gasteiger partial charge < -0.3 is 15.2 Å². The van der Waals surface area contributed by atoms with Gasteiger partial charge in [-0.3, -0.25) is 4.79 Å². The van der Waals surface area contributed by atoms with Crippen LogP contribution in [0.25, 0.3) is 0 Å². The summed E-state index contributed by atoms with van der Waals surface area (Å²) in [6, 6.07) is 1.83. The van der Waals surface area contributed by atoms with Gasteiger partial charge in [-0.2, -0.15) is 0 Å². The van der Waals surface area contributed by atoms with Crippen molar-refractivity contribution in [1.29, 1.82) is 0 Å². The van der Waals surface area contributed by atoms with Crippen molar-refractivity contribution in [2.45, 2.75) is 44.8 Å². The third-order valence-corrected chi connectivity index (χ3v) is 5.10. The fourth-order valence-electron chi connectivity index (χ4n) is 2.73. The summed E-state index contributed by atoms with van der Waals surface area (Å²) >= 11 is 1.31. The maximum Gasteiger partial charge on any atom is 0.329 e. The highest BCUT2D eigenvalue weighted by molar-refractivity contribution is 7.12. The second-order valence-corrected chi connectivity index (χ2v) is 6.65. The molecule has 0 aliphatic heterocycles. The van der Waals surface area contributed by atoms with Gasteiger partial charge in [-0.05, 0) is 43.0 Å². The van der Waals surface area contributed by atoms with Gasteiger partial charge in [-0.15, -0.1) is 11.3 Å². The summed E-state index contributed by atoms with van der Waals surface area (Å²) in [4.78, 5) is 24.6. The first-order valence-corrected chi connectivity index (χ1v) is 7.97. The van der Waals surface area contributed by atoms with Crippen LogP contribution in [-0.4, -0.2) is 29.6 Å². The lowest BCUT2D eigenvalue weighted by Gasteiger charge is -2.36. The molecule has 0 saturated heterocycles. The number of carbonyl (C=O) groups is 2. The lowest BCUT2D eigenvalue weighted by Crippen LogP contribution is -2.56. The second-order valence-electron chi connectivity index (χ2n) is 5.73. The number of carboxylic acids is 1. The average Bonchev–Trinajstić information content (AvgIpc) is 2.90. The summed E-state index contributed by atoms with van der Waals surface area (Å²) in [7, 11) is 1.57. The Balaban J connectivity index is 2.15. The average molecular weight is 311 g/mol. The Hall–Kier alpha value is -1.40. The largest absolute Gasteiger partial charge is 0.480 e. The molecule has 1 aliphatic rings. The van der Waals surface area contributed by atoms with Crippen LogP contribution in [0.4, 0.5) is 0 Å². The van der Waals surface area contributed by atoms with Gasteiger partial charge in [0.25, 0.3) is 5.91 Å². The molecule has 1 saturated carbocycles. The van der Waals surface area contributed by atoms with Crippen molar-refractivity contribution in [3.05, 3.63) is 21.9 Å². The molecule has 1 fully saturated rings. The molecule has 1 aliphatic carbocycles. The molecule has 2 N–H and O–H groups in total. The monoisotopic (exact) mass is 311 g/mol. The molecule has 1 heterocycles. The van der Waals surface area contributed by atoms with Gasteiger partial charge in [0.15, 0.2) is 0 Å². The molecule has 2 rings (SSSR count). The smallest absolute Gasteiger partial charge is 0.329 e. The molecule has 0 spiro atoms. The molecule has 0 aromatic carbocycles. The standard InChI is InChI=1S/C15H21NO4S/c1-10-3-6-15(7-4-10,14(18)19)16-13(17)12-11(9-20-2)5-8-21-12/h5,8,10H,3-4,6-7,9H2,1-2H3,(H,16,17)(H,18,19). The molecule has 6 heteroatoms. The SMILES string of the molecule is COCc1ccsc1C(=O)NC1(C(=O)O)CCC(C)CC1. The molecular formula is C15H21NO4S. The van der Waals surface area contributed by atoms with E-state index < -0.39 is 11.5 Å². The van der Waals surface area contributed by atoms with Crippen LogP contribution in [0.3, 0.4) is 0 Å². The van der Waals surface area contributed by atoms with Gasteiger partial charge in [0.05, 0.1) is 11.5 Å². The minimum atomic E-state index is -1.13. The van der Waals surface area contributed by atoms with E-state index in [1.54, 1.807) is 7.11 Å². The molecule has 21 heavy (non-hydrogen) atoms. The summed E-state index contributed by atoms with van der Waals surface area (Å²) in [5.74, 6) is -0.734. The lowest BCUT2D eigenvalue weighted by molar-refractivity contribution is -0.146. The van der Waals surface area contributed by atoms with Crippen LogP contribution in [0.5, 0.6) is 0 Å². The number of nitrogens with one attached hydrogen (secondary N) is 1. The minimum absolute atomic E-state index is 0.311. The van der Waals surface area contributed by atoms with E-state index in [4.69, 9.17) is 4.74 Å². The first-order valence-electron chi connectivity index (χ1n) is 7.10. The summed E-state index contributed by atoms with van der Waals surface area (Å²) in [6.45, 7) is 2.47. The fraction of sp³-hybridized carbons (Fsp3) is 0.600. The van der Waals surface area contributed by atoms with Crippen molar-refractivity contribution in [2.24, 2.45) is 5.92 Å². The van der Waals surface area contributed by atoms with Crippen LogP contribution >= 0.6 is 11.3 Å². The van der Waals surface area contributed by atoms with Crippen LogP contribution in [0.15, 0.2) is 11.4 Å². The van der Waals surface area contributed by atoms with E-state index >= 15 is 0 Å². The van der Waals surface area contributed by atoms with E-state index in [1.165, 1.54) is 11.3 Å². The van der Waals surface area contributed by atoms with Crippen LogP contribution in [0.1, 0.15) is 47.8 Å². The van der Waals surface area contributed by atoms with Gasteiger partial charge in [-0.25, -0.2) is 4.79 Å². The summed E-state index contributed by atoms with van der Waals surface area (Å²) < 4.78 is 5.06. The van der Waals surface area contributed by atoms with E-state index in [0.717, 1.165) is 18.4 Å². The predicted octanol–water partition coefficient (Wildman–Crippen LogP) is 2.66. The predicted molar refractivity (Wildman–Crippen MR) is 80.5 cm³/mol. The van der Waals surface area contributed by atoms with Crippen molar-refractivity contribution in [3.63, 3.8) is 0 Å².